The molecule has 2 aromatic heterocycles. The average Bonchev–Trinajstić information content (AvgIpc) is 2.57. The van der Waals surface area contributed by atoms with Crippen LogP contribution in [0, 0.1) is 6.92 Å². The molecule has 15 heavy (non-hydrogen) atoms. The van der Waals surface area contributed by atoms with E-state index in [1.807, 2.05) is 6.07 Å². The van der Waals surface area contributed by atoms with Crippen molar-refractivity contribution in [2.24, 2.45) is 5.73 Å². The molecule has 80 valence electrons. The predicted molar refractivity (Wildman–Crippen MR) is 55.2 cm³/mol. The fraction of sp³-hybridized carbons (Fsp3) is 0.400. The first-order chi connectivity index (χ1) is 7.20. The first kappa shape index (κ1) is 10.1. The fourth-order valence-corrected chi connectivity index (χ4v) is 1.46. The number of aromatic nitrogens is 2. The zero-order valence-corrected chi connectivity index (χ0v) is 8.47. The number of rotatable bonds is 3. The molecule has 0 aliphatic rings. The van der Waals surface area contributed by atoms with Gasteiger partial charge in [-0.2, -0.15) is 0 Å². The Morgan fingerprint density at radius 3 is 3.13 bits per heavy atom. The van der Waals surface area contributed by atoms with E-state index in [9.17, 15) is 0 Å². The monoisotopic (exact) mass is 207 g/mol. The van der Waals surface area contributed by atoms with Crippen LogP contribution >= 0.6 is 0 Å². The number of aryl methyl sites for hydroxylation is 1. The molecule has 0 radical (unpaired) electrons. The normalized spacial score (nSPS) is 13.3. The fourth-order valence-electron chi connectivity index (χ4n) is 1.46. The number of hydrogen-bond donors (Lipinski definition) is 2. The summed E-state index contributed by atoms with van der Waals surface area (Å²) in [5.41, 5.74) is 7.94. The van der Waals surface area contributed by atoms with Gasteiger partial charge in [0.15, 0.2) is 5.89 Å². The maximum atomic E-state index is 8.78. The lowest BCUT2D eigenvalue weighted by Gasteiger charge is -2.08. The van der Waals surface area contributed by atoms with Gasteiger partial charge in [-0.3, -0.25) is 0 Å². The molecule has 0 amide bonds. The summed E-state index contributed by atoms with van der Waals surface area (Å²) in [5.74, 6) is 0.588. The van der Waals surface area contributed by atoms with Crippen LogP contribution in [0.1, 0.15) is 23.9 Å². The lowest BCUT2D eigenvalue weighted by molar-refractivity contribution is 0.276. The van der Waals surface area contributed by atoms with Gasteiger partial charge in [-0.25, -0.2) is 9.97 Å². The maximum absolute atomic E-state index is 8.78. The minimum atomic E-state index is -0.205. The SMILES string of the molecule is Cc1nc2cc(C(N)CCO)cnc2o1. The van der Waals surface area contributed by atoms with Crippen molar-refractivity contribution in [2.45, 2.75) is 19.4 Å². The molecule has 0 saturated carbocycles. The van der Waals surface area contributed by atoms with Gasteiger partial charge >= 0.3 is 0 Å². The summed E-state index contributed by atoms with van der Waals surface area (Å²) in [6.45, 7) is 1.84. The number of pyridine rings is 1. The Morgan fingerprint density at radius 2 is 2.40 bits per heavy atom. The summed E-state index contributed by atoms with van der Waals surface area (Å²) in [6.07, 6.45) is 2.18. The number of nitrogens with two attached hydrogens (primary N) is 1. The van der Waals surface area contributed by atoms with E-state index in [0.29, 0.717) is 23.5 Å². The van der Waals surface area contributed by atoms with Crippen molar-refractivity contribution >= 4 is 11.2 Å². The van der Waals surface area contributed by atoms with Crippen LogP contribution in [-0.4, -0.2) is 21.7 Å². The Balaban J connectivity index is 2.37. The highest BCUT2D eigenvalue weighted by molar-refractivity contribution is 5.68. The zero-order chi connectivity index (χ0) is 10.8. The molecule has 0 aliphatic carbocycles. The molecule has 0 bridgehead atoms. The number of aliphatic hydroxyl groups excluding tert-OH is 1. The molecule has 0 aliphatic heterocycles. The van der Waals surface area contributed by atoms with Crippen molar-refractivity contribution in [3.05, 3.63) is 23.7 Å². The van der Waals surface area contributed by atoms with Gasteiger partial charge in [-0.05, 0) is 18.1 Å². The second kappa shape index (κ2) is 3.96. The molecule has 1 atom stereocenters. The summed E-state index contributed by atoms with van der Waals surface area (Å²) in [4.78, 5) is 8.28. The first-order valence-electron chi connectivity index (χ1n) is 4.80. The number of hydrogen-bond acceptors (Lipinski definition) is 5. The van der Waals surface area contributed by atoms with E-state index in [2.05, 4.69) is 9.97 Å². The molecular weight excluding hydrogens is 194 g/mol. The third-order valence-electron chi connectivity index (χ3n) is 2.24. The summed E-state index contributed by atoms with van der Waals surface area (Å²) < 4.78 is 5.25. The van der Waals surface area contributed by atoms with Crippen molar-refractivity contribution in [2.75, 3.05) is 6.61 Å². The highest BCUT2D eigenvalue weighted by Gasteiger charge is 2.09. The van der Waals surface area contributed by atoms with Gasteiger partial charge in [0.2, 0.25) is 5.71 Å². The van der Waals surface area contributed by atoms with Crippen LogP contribution in [0.3, 0.4) is 0 Å². The lowest BCUT2D eigenvalue weighted by Crippen LogP contribution is -2.12. The molecule has 5 heteroatoms. The van der Waals surface area contributed by atoms with Gasteiger partial charge in [0, 0.05) is 25.8 Å². The second-order valence-corrected chi connectivity index (χ2v) is 3.44. The number of fused-ring (bicyclic) bond motifs is 1. The molecule has 2 aromatic rings. The third kappa shape index (κ3) is 1.98. The van der Waals surface area contributed by atoms with Crippen molar-refractivity contribution in [1.82, 2.24) is 9.97 Å². The van der Waals surface area contributed by atoms with Crippen LogP contribution < -0.4 is 5.73 Å². The molecule has 5 nitrogen and oxygen atoms in total. The first-order valence-corrected chi connectivity index (χ1v) is 4.80. The molecule has 0 aromatic carbocycles. The van der Waals surface area contributed by atoms with Crippen LogP contribution in [0.15, 0.2) is 16.7 Å². The van der Waals surface area contributed by atoms with E-state index in [0.717, 1.165) is 5.56 Å². The molecule has 1 unspecified atom stereocenters. The van der Waals surface area contributed by atoms with Gasteiger partial charge in [0.1, 0.15) is 5.52 Å². The number of oxazole rings is 1. The van der Waals surface area contributed by atoms with Gasteiger partial charge < -0.3 is 15.3 Å². The Morgan fingerprint density at radius 1 is 1.60 bits per heavy atom. The third-order valence-corrected chi connectivity index (χ3v) is 2.24. The highest BCUT2D eigenvalue weighted by Crippen LogP contribution is 2.18. The maximum Gasteiger partial charge on any atom is 0.246 e. The van der Waals surface area contributed by atoms with Crippen LogP contribution in [0.25, 0.3) is 11.2 Å². The molecule has 3 N–H and O–H groups in total. The number of aliphatic hydroxyl groups is 1. The second-order valence-electron chi connectivity index (χ2n) is 3.44. The molecule has 0 spiro atoms. The summed E-state index contributed by atoms with van der Waals surface area (Å²) in [5, 5.41) is 8.78. The van der Waals surface area contributed by atoms with Crippen molar-refractivity contribution < 1.29 is 9.52 Å². The van der Waals surface area contributed by atoms with Gasteiger partial charge in [0.25, 0.3) is 0 Å². The van der Waals surface area contributed by atoms with Crippen LogP contribution in [0.4, 0.5) is 0 Å². The highest BCUT2D eigenvalue weighted by atomic mass is 16.4. The summed E-state index contributed by atoms with van der Waals surface area (Å²) >= 11 is 0. The Bertz CT molecular complexity index is 467. The topological polar surface area (TPSA) is 85.2 Å². The minimum Gasteiger partial charge on any atom is -0.423 e. The van der Waals surface area contributed by atoms with Crippen molar-refractivity contribution in [3.63, 3.8) is 0 Å². The Labute approximate surface area is 86.9 Å². The summed E-state index contributed by atoms with van der Waals surface area (Å²) in [7, 11) is 0. The minimum absolute atomic E-state index is 0.0665. The van der Waals surface area contributed by atoms with E-state index < -0.39 is 0 Å². The largest absolute Gasteiger partial charge is 0.423 e. The van der Waals surface area contributed by atoms with E-state index in [1.54, 1.807) is 13.1 Å². The zero-order valence-electron chi connectivity index (χ0n) is 8.47. The standard InChI is InChI=1S/C10H13N3O2/c1-6-13-9-4-7(8(11)2-3-14)5-12-10(9)15-6/h4-5,8,14H,2-3,11H2,1H3. The molecular formula is C10H13N3O2. The van der Waals surface area contributed by atoms with E-state index >= 15 is 0 Å². The van der Waals surface area contributed by atoms with E-state index in [4.69, 9.17) is 15.3 Å². The lowest BCUT2D eigenvalue weighted by atomic mass is 10.1. The smallest absolute Gasteiger partial charge is 0.246 e. The van der Waals surface area contributed by atoms with Gasteiger partial charge in [-0.15, -0.1) is 0 Å². The quantitative estimate of drug-likeness (QED) is 0.781. The molecule has 0 saturated heterocycles. The van der Waals surface area contributed by atoms with Crippen molar-refractivity contribution in [3.8, 4) is 0 Å². The van der Waals surface area contributed by atoms with E-state index in [-0.39, 0.29) is 12.6 Å². The average molecular weight is 207 g/mol. The summed E-state index contributed by atoms with van der Waals surface area (Å²) in [6, 6.07) is 1.64. The predicted octanol–water partition coefficient (Wildman–Crippen LogP) is 0.913. The van der Waals surface area contributed by atoms with Crippen LogP contribution in [0.2, 0.25) is 0 Å². The van der Waals surface area contributed by atoms with Gasteiger partial charge in [0.05, 0.1) is 0 Å². The van der Waals surface area contributed by atoms with Crippen LogP contribution in [0.5, 0.6) is 0 Å². The van der Waals surface area contributed by atoms with Crippen LogP contribution in [-0.2, 0) is 0 Å². The Kier molecular flexibility index (Phi) is 2.66. The molecule has 2 rings (SSSR count). The molecule has 2 heterocycles. The Hall–Kier alpha value is -1.46. The van der Waals surface area contributed by atoms with Crippen molar-refractivity contribution in [1.29, 1.82) is 0 Å². The number of nitrogens with zero attached hydrogens (tertiary/aromatic N) is 2. The van der Waals surface area contributed by atoms with Gasteiger partial charge in [-0.1, -0.05) is 0 Å². The molecule has 0 fully saturated rings. The van der Waals surface area contributed by atoms with E-state index in [1.165, 1.54) is 0 Å².